The highest BCUT2D eigenvalue weighted by Gasteiger charge is 2.34. The molecule has 1 heterocycles. The summed E-state index contributed by atoms with van der Waals surface area (Å²) in [6.07, 6.45) is 5.42. The molecule has 9 nitrogen and oxygen atoms in total. The van der Waals surface area contributed by atoms with Crippen molar-refractivity contribution < 1.29 is 33.3 Å². The fourth-order valence-electron chi connectivity index (χ4n) is 4.69. The Morgan fingerprint density at radius 3 is 2.74 bits per heavy atom. The quantitative estimate of drug-likeness (QED) is 0.0999. The van der Waals surface area contributed by atoms with Crippen LogP contribution >= 0.6 is 8.61 Å². The van der Waals surface area contributed by atoms with Crippen LogP contribution in [0, 0.1) is 0 Å². The van der Waals surface area contributed by atoms with Gasteiger partial charge in [0, 0.05) is 23.6 Å². The van der Waals surface area contributed by atoms with E-state index in [1.807, 2.05) is 45.0 Å². The summed E-state index contributed by atoms with van der Waals surface area (Å²) in [5, 5.41) is 13.5. The van der Waals surface area contributed by atoms with Crippen LogP contribution in [-0.4, -0.2) is 47.4 Å². The van der Waals surface area contributed by atoms with Gasteiger partial charge in [-0.1, -0.05) is 49.3 Å². The van der Waals surface area contributed by atoms with E-state index in [0.29, 0.717) is 31.7 Å². The Hall–Kier alpha value is -3.26. The number of nitrogens with zero attached hydrogens (tertiary/aromatic N) is 1. The molecule has 2 aromatic rings. The number of Topliss-reactive ketones (excluding diaryl/α,β-unsaturated/α-hetero) is 1. The van der Waals surface area contributed by atoms with Crippen molar-refractivity contribution in [3.05, 3.63) is 70.0 Å². The number of hydrogen-bond donors (Lipinski definition) is 2. The van der Waals surface area contributed by atoms with Crippen molar-refractivity contribution in [3.63, 3.8) is 0 Å². The summed E-state index contributed by atoms with van der Waals surface area (Å²) in [4.78, 5) is 32.1. The second kappa shape index (κ2) is 14.2. The summed E-state index contributed by atoms with van der Waals surface area (Å²) in [6.45, 7) is 10.9. The number of esters is 1. The number of ketones is 1. The van der Waals surface area contributed by atoms with Crippen LogP contribution < -0.4 is 10.2 Å². The number of aromatic hydroxyl groups is 1. The predicted molar refractivity (Wildman–Crippen MR) is 149 cm³/mol. The number of rotatable bonds is 14. The zero-order valence-electron chi connectivity index (χ0n) is 23.2. The Morgan fingerprint density at radius 2 is 2.05 bits per heavy atom. The number of hydroxylamine groups is 1. The number of hydrogen-bond acceptors (Lipinski definition) is 8. The molecule has 3 rings (SSSR count). The van der Waals surface area contributed by atoms with E-state index in [4.69, 9.17) is 14.0 Å². The number of carbonyl (C=O) groups is 2. The minimum absolute atomic E-state index is 0.0230. The first-order chi connectivity index (χ1) is 18.7. The summed E-state index contributed by atoms with van der Waals surface area (Å²) in [6, 6.07) is 6.60. The summed E-state index contributed by atoms with van der Waals surface area (Å²) >= 11 is 0. The summed E-state index contributed by atoms with van der Waals surface area (Å²) in [5.74, 6) is -0.428. The Balaban J connectivity index is 1.57. The molecule has 3 unspecified atom stereocenters. The Bertz CT molecular complexity index is 1250. The molecule has 1 aliphatic rings. The molecule has 2 N–H and O–H groups in total. The second-order valence-electron chi connectivity index (χ2n) is 9.50. The van der Waals surface area contributed by atoms with Crippen LogP contribution in [-0.2, 0) is 20.5 Å². The number of carbonyl (C=O) groups excluding carboxylic acids is 2. The molecule has 0 saturated carbocycles. The van der Waals surface area contributed by atoms with Crippen LogP contribution in [0.5, 0.6) is 11.7 Å². The molecule has 1 aromatic carbocycles. The van der Waals surface area contributed by atoms with Crippen LogP contribution in [0.1, 0.15) is 74.9 Å². The molecule has 0 spiro atoms. The molecule has 1 aromatic heterocycles. The molecule has 1 aliphatic carbocycles. The smallest absolute Gasteiger partial charge is 0.457 e. The van der Waals surface area contributed by atoms with Crippen LogP contribution in [0.15, 0.2) is 57.7 Å². The molecule has 0 aliphatic heterocycles. The summed E-state index contributed by atoms with van der Waals surface area (Å²) in [7, 11) is -0.975. The van der Waals surface area contributed by atoms with Crippen molar-refractivity contribution in [1.29, 1.82) is 0 Å². The molecule has 3 atom stereocenters. The lowest BCUT2D eigenvalue weighted by atomic mass is 9.78. The fraction of sp³-hybridized carbons (Fsp3) is 0.448. The molecule has 0 saturated heterocycles. The Kier molecular flexibility index (Phi) is 11.0. The van der Waals surface area contributed by atoms with Gasteiger partial charge in [0.05, 0.1) is 17.7 Å². The zero-order chi connectivity index (χ0) is 28.5. The lowest BCUT2D eigenvalue weighted by Crippen LogP contribution is -2.36. The molecular formula is C29H38N2O7P+. The number of fused-ring (bicyclic) bond motifs is 1. The van der Waals surface area contributed by atoms with Crippen molar-refractivity contribution in [3.8, 4) is 11.7 Å². The highest BCUT2D eigenvalue weighted by Crippen LogP contribution is 2.42. The number of nitrogens with one attached hydrogen (secondary N) is 1. The van der Waals surface area contributed by atoms with Crippen LogP contribution in [0.3, 0.4) is 0 Å². The molecule has 0 radical (unpaired) electrons. The molecule has 10 heteroatoms. The highest BCUT2D eigenvalue weighted by atomic mass is 31.1. The average molecular weight is 558 g/mol. The van der Waals surface area contributed by atoms with E-state index in [0.717, 1.165) is 39.1 Å². The van der Waals surface area contributed by atoms with Gasteiger partial charge in [0.2, 0.25) is 0 Å². The monoisotopic (exact) mass is 557 g/mol. The maximum absolute atomic E-state index is 13.1. The third kappa shape index (κ3) is 7.24. The molecular weight excluding hydrogens is 519 g/mol. The first kappa shape index (κ1) is 30.3. The standard InChI is InChI=1S/C29H37N2O7P/c1-6-22-19(4)24-17-37-29(34)26(24)27(32)23(22)13-12-18(3)16-30-15-14-21-10-8-9-11-25(21)38-31(39-35)20(5)28(33)36-7-2/h8-12,17,19-20,30,34H,6-7,13-16H2,1-5H3/p+1. The van der Waals surface area contributed by atoms with E-state index in [9.17, 15) is 19.3 Å². The van der Waals surface area contributed by atoms with Crippen LogP contribution in [0.2, 0.25) is 0 Å². The maximum Gasteiger partial charge on any atom is 0.457 e. The summed E-state index contributed by atoms with van der Waals surface area (Å²) < 4.78 is 21.8. The SMILES string of the molecule is CCOC(=O)C(C)N(Oc1ccccc1CCNCC(C)=CCC1=C(CC)C(C)c2coc(O)c2C1=O)[PH+]=O. The van der Waals surface area contributed by atoms with Gasteiger partial charge < -0.3 is 24.4 Å². The fourth-order valence-corrected chi connectivity index (χ4v) is 5.09. The van der Waals surface area contributed by atoms with Gasteiger partial charge in [-0.3, -0.25) is 9.59 Å². The molecule has 0 amide bonds. The third-order valence-electron chi connectivity index (χ3n) is 6.93. The topological polar surface area (TPSA) is 118 Å². The van der Waals surface area contributed by atoms with Gasteiger partial charge in [-0.25, -0.2) is 0 Å². The van der Waals surface area contributed by atoms with Gasteiger partial charge in [0.1, 0.15) is 5.56 Å². The Labute approximate surface area is 231 Å². The van der Waals surface area contributed by atoms with E-state index < -0.39 is 20.6 Å². The van der Waals surface area contributed by atoms with Crippen molar-refractivity contribution >= 4 is 20.4 Å². The normalized spacial score (nSPS) is 16.5. The van der Waals surface area contributed by atoms with Gasteiger partial charge in [0.15, 0.2) is 17.6 Å². The van der Waals surface area contributed by atoms with Crippen molar-refractivity contribution in [2.24, 2.45) is 0 Å². The third-order valence-corrected chi connectivity index (χ3v) is 7.59. The van der Waals surface area contributed by atoms with Crippen LogP contribution in [0.4, 0.5) is 0 Å². The van der Waals surface area contributed by atoms with Crippen LogP contribution in [0.25, 0.3) is 0 Å². The number of para-hydroxylation sites is 1. The van der Waals surface area contributed by atoms with E-state index >= 15 is 0 Å². The first-order valence-electron chi connectivity index (χ1n) is 13.3. The average Bonchev–Trinajstić information content (AvgIpc) is 3.33. The number of ether oxygens (including phenoxy) is 1. The van der Waals surface area contributed by atoms with Gasteiger partial charge in [0.25, 0.3) is 5.95 Å². The van der Waals surface area contributed by atoms with Crippen molar-refractivity contribution in [2.45, 2.75) is 65.8 Å². The van der Waals surface area contributed by atoms with Crippen molar-refractivity contribution in [2.75, 3.05) is 19.7 Å². The van der Waals surface area contributed by atoms with E-state index in [1.165, 1.54) is 6.26 Å². The molecule has 39 heavy (non-hydrogen) atoms. The van der Waals surface area contributed by atoms with Gasteiger partial charge in [-0.05, 0) is 62.8 Å². The molecule has 0 bridgehead atoms. The zero-order valence-corrected chi connectivity index (χ0v) is 24.2. The maximum atomic E-state index is 13.1. The molecule has 0 fully saturated rings. The summed E-state index contributed by atoms with van der Waals surface area (Å²) in [5.41, 5.74) is 4.83. The second-order valence-corrected chi connectivity index (χ2v) is 10.1. The highest BCUT2D eigenvalue weighted by molar-refractivity contribution is 7.20. The molecule has 210 valence electrons. The van der Waals surface area contributed by atoms with Gasteiger partial charge in [-0.15, -0.1) is 0 Å². The number of furan rings is 1. The van der Waals surface area contributed by atoms with Gasteiger partial charge >= 0.3 is 14.6 Å². The number of allylic oxidation sites excluding steroid dienone is 3. The minimum Gasteiger partial charge on any atom is -0.480 e. The number of benzene rings is 1. The minimum atomic E-state index is -0.975. The van der Waals surface area contributed by atoms with Gasteiger partial charge in [-0.2, -0.15) is 0 Å². The van der Waals surface area contributed by atoms with E-state index in [2.05, 4.69) is 5.32 Å². The predicted octanol–water partition coefficient (Wildman–Crippen LogP) is 5.65. The lowest BCUT2D eigenvalue weighted by Gasteiger charge is -2.24. The van der Waals surface area contributed by atoms with E-state index in [1.54, 1.807) is 19.9 Å². The van der Waals surface area contributed by atoms with Crippen molar-refractivity contribution in [1.82, 2.24) is 10.2 Å². The Morgan fingerprint density at radius 1 is 1.31 bits per heavy atom. The largest absolute Gasteiger partial charge is 0.480 e. The lowest BCUT2D eigenvalue weighted by molar-refractivity contribution is -0.153. The first-order valence-corrected chi connectivity index (χ1v) is 14.1. The van der Waals surface area contributed by atoms with E-state index in [-0.39, 0.29) is 29.8 Å².